The van der Waals surface area contributed by atoms with Crippen LogP contribution in [-0.4, -0.2) is 20.9 Å². The van der Waals surface area contributed by atoms with Gasteiger partial charge in [-0.3, -0.25) is 19.7 Å². The fraction of sp³-hybridized carbons (Fsp3) is 0.0667. The first-order valence-electron chi connectivity index (χ1n) is 6.22. The molecule has 0 unspecified atom stereocenters. The molecule has 0 saturated carbocycles. The van der Waals surface area contributed by atoms with Gasteiger partial charge < -0.3 is 5.32 Å². The average Bonchev–Trinajstić information content (AvgIpc) is 2.53. The molecule has 5 heteroatoms. The van der Waals surface area contributed by atoms with Crippen LogP contribution in [-0.2, 0) is 6.54 Å². The Morgan fingerprint density at radius 3 is 2.70 bits per heavy atom. The summed E-state index contributed by atoms with van der Waals surface area (Å²) >= 11 is 0. The van der Waals surface area contributed by atoms with Crippen LogP contribution in [0.1, 0.15) is 16.1 Å². The number of rotatable bonds is 3. The van der Waals surface area contributed by atoms with Gasteiger partial charge in [0, 0.05) is 18.6 Å². The molecule has 0 fully saturated rings. The van der Waals surface area contributed by atoms with Gasteiger partial charge in [0.15, 0.2) is 0 Å². The van der Waals surface area contributed by atoms with Crippen LogP contribution < -0.4 is 5.32 Å². The second-order valence-electron chi connectivity index (χ2n) is 4.23. The number of amides is 1. The summed E-state index contributed by atoms with van der Waals surface area (Å²) in [5.41, 5.74) is 2.64. The Morgan fingerprint density at radius 2 is 1.85 bits per heavy atom. The van der Waals surface area contributed by atoms with E-state index >= 15 is 0 Å². The molecule has 0 bridgehead atoms. The lowest BCUT2D eigenvalue weighted by molar-refractivity contribution is 0.0952. The lowest BCUT2D eigenvalue weighted by Crippen LogP contribution is -2.23. The number of nitrogens with one attached hydrogen (secondary N) is 1. The number of pyridine rings is 1. The van der Waals surface area contributed by atoms with Crippen LogP contribution in [0.15, 0.2) is 55.0 Å². The highest BCUT2D eigenvalue weighted by atomic mass is 16.1. The predicted molar refractivity (Wildman–Crippen MR) is 74.9 cm³/mol. The molecule has 0 spiro atoms. The van der Waals surface area contributed by atoms with Gasteiger partial charge in [0.05, 0.1) is 23.3 Å². The number of benzene rings is 1. The molecule has 0 aliphatic carbocycles. The average molecular weight is 264 g/mol. The summed E-state index contributed by atoms with van der Waals surface area (Å²) < 4.78 is 0. The summed E-state index contributed by atoms with van der Waals surface area (Å²) in [6, 6.07) is 11.0. The van der Waals surface area contributed by atoms with Crippen molar-refractivity contribution in [3.8, 4) is 0 Å². The topological polar surface area (TPSA) is 67.8 Å². The highest BCUT2D eigenvalue weighted by Crippen LogP contribution is 2.13. The molecule has 20 heavy (non-hydrogen) atoms. The number of hydrogen-bond donors (Lipinski definition) is 1. The third kappa shape index (κ3) is 2.47. The smallest absolute Gasteiger partial charge is 0.253 e. The number of carbonyl (C=O) groups excluding carboxylic acids is 1. The van der Waals surface area contributed by atoms with Gasteiger partial charge in [0.2, 0.25) is 0 Å². The zero-order valence-corrected chi connectivity index (χ0v) is 10.7. The molecule has 2 aromatic heterocycles. The Hall–Kier alpha value is -2.82. The zero-order chi connectivity index (χ0) is 13.8. The van der Waals surface area contributed by atoms with Crippen molar-refractivity contribution in [3.05, 3.63) is 66.2 Å². The second kappa shape index (κ2) is 5.44. The Morgan fingerprint density at radius 1 is 0.950 bits per heavy atom. The molecule has 0 saturated heterocycles. The van der Waals surface area contributed by atoms with Crippen LogP contribution in [0.25, 0.3) is 11.0 Å². The van der Waals surface area contributed by atoms with E-state index in [-0.39, 0.29) is 5.91 Å². The minimum atomic E-state index is -0.179. The van der Waals surface area contributed by atoms with Gasteiger partial charge in [-0.2, -0.15) is 0 Å². The first-order valence-corrected chi connectivity index (χ1v) is 6.22. The van der Waals surface area contributed by atoms with Gasteiger partial charge in [-0.15, -0.1) is 0 Å². The van der Waals surface area contributed by atoms with Crippen LogP contribution in [0, 0.1) is 0 Å². The summed E-state index contributed by atoms with van der Waals surface area (Å²) in [5, 5.41) is 2.84. The zero-order valence-electron chi connectivity index (χ0n) is 10.7. The summed E-state index contributed by atoms with van der Waals surface area (Å²) in [6.45, 7) is 0.385. The fourth-order valence-electron chi connectivity index (χ4n) is 1.94. The van der Waals surface area contributed by atoms with Crippen molar-refractivity contribution in [2.45, 2.75) is 6.54 Å². The van der Waals surface area contributed by atoms with Crippen LogP contribution in [0.4, 0.5) is 0 Å². The molecule has 0 atom stereocenters. The molecule has 0 radical (unpaired) electrons. The van der Waals surface area contributed by atoms with Crippen LogP contribution in [0.2, 0.25) is 0 Å². The maximum Gasteiger partial charge on any atom is 0.253 e. The largest absolute Gasteiger partial charge is 0.346 e. The molecule has 3 aromatic rings. The minimum absolute atomic E-state index is 0.179. The molecule has 98 valence electrons. The fourth-order valence-corrected chi connectivity index (χ4v) is 1.94. The van der Waals surface area contributed by atoms with Gasteiger partial charge in [-0.25, -0.2) is 0 Å². The van der Waals surface area contributed by atoms with E-state index in [1.807, 2.05) is 24.3 Å². The van der Waals surface area contributed by atoms with E-state index < -0.39 is 0 Å². The van der Waals surface area contributed by atoms with Gasteiger partial charge in [0.25, 0.3) is 5.91 Å². The van der Waals surface area contributed by atoms with Crippen molar-refractivity contribution < 1.29 is 4.79 Å². The summed E-state index contributed by atoms with van der Waals surface area (Å²) in [7, 11) is 0. The van der Waals surface area contributed by atoms with Crippen molar-refractivity contribution in [1.82, 2.24) is 20.3 Å². The molecular formula is C15H12N4O. The molecule has 0 aliphatic rings. The lowest BCUT2D eigenvalue weighted by atomic mass is 10.1. The van der Waals surface area contributed by atoms with Gasteiger partial charge in [-0.1, -0.05) is 12.1 Å². The summed E-state index contributed by atoms with van der Waals surface area (Å²) in [5.74, 6) is -0.179. The van der Waals surface area contributed by atoms with E-state index in [9.17, 15) is 4.79 Å². The van der Waals surface area contributed by atoms with Crippen molar-refractivity contribution in [3.63, 3.8) is 0 Å². The van der Waals surface area contributed by atoms with E-state index in [2.05, 4.69) is 20.3 Å². The monoisotopic (exact) mass is 264 g/mol. The quantitative estimate of drug-likeness (QED) is 0.785. The van der Waals surface area contributed by atoms with E-state index in [0.29, 0.717) is 23.1 Å². The number of para-hydroxylation sites is 1. The SMILES string of the molecule is O=C(NCc1ccccn1)c1cccc2nccnc12. The van der Waals surface area contributed by atoms with Gasteiger partial charge >= 0.3 is 0 Å². The molecule has 1 N–H and O–H groups in total. The van der Waals surface area contributed by atoms with Crippen molar-refractivity contribution in [1.29, 1.82) is 0 Å². The highest BCUT2D eigenvalue weighted by Gasteiger charge is 2.10. The van der Waals surface area contributed by atoms with Gasteiger partial charge in [-0.05, 0) is 24.3 Å². The predicted octanol–water partition coefficient (Wildman–Crippen LogP) is 1.95. The molecule has 0 aliphatic heterocycles. The van der Waals surface area contributed by atoms with Crippen LogP contribution >= 0.6 is 0 Å². The highest BCUT2D eigenvalue weighted by molar-refractivity contribution is 6.04. The minimum Gasteiger partial charge on any atom is -0.346 e. The summed E-state index contributed by atoms with van der Waals surface area (Å²) in [4.78, 5) is 24.8. The molecule has 3 rings (SSSR count). The molecule has 5 nitrogen and oxygen atoms in total. The van der Waals surface area contributed by atoms with Crippen LogP contribution in [0.3, 0.4) is 0 Å². The Bertz CT molecular complexity index is 738. The molecular weight excluding hydrogens is 252 g/mol. The number of carbonyl (C=O) groups is 1. The van der Waals surface area contributed by atoms with Crippen molar-refractivity contribution >= 4 is 16.9 Å². The van der Waals surface area contributed by atoms with E-state index in [1.54, 1.807) is 30.7 Å². The van der Waals surface area contributed by atoms with Crippen LogP contribution in [0.5, 0.6) is 0 Å². The first kappa shape index (κ1) is 12.2. The number of aromatic nitrogens is 3. The lowest BCUT2D eigenvalue weighted by Gasteiger charge is -2.06. The Balaban J connectivity index is 1.82. The molecule has 1 amide bonds. The normalized spacial score (nSPS) is 10.4. The Labute approximate surface area is 115 Å². The second-order valence-corrected chi connectivity index (χ2v) is 4.23. The first-order chi connectivity index (χ1) is 9.84. The third-order valence-electron chi connectivity index (χ3n) is 2.90. The molecule has 2 heterocycles. The summed E-state index contributed by atoms with van der Waals surface area (Å²) in [6.07, 6.45) is 4.89. The van der Waals surface area contributed by atoms with Gasteiger partial charge in [0.1, 0.15) is 5.52 Å². The van der Waals surface area contributed by atoms with Crippen molar-refractivity contribution in [2.24, 2.45) is 0 Å². The van der Waals surface area contributed by atoms with Crippen molar-refractivity contribution in [2.75, 3.05) is 0 Å². The van der Waals surface area contributed by atoms with E-state index in [0.717, 1.165) is 5.69 Å². The number of hydrogen-bond acceptors (Lipinski definition) is 4. The standard InChI is InChI=1S/C15H12N4O/c20-15(19-10-11-4-1-2-7-16-11)12-5-3-6-13-14(12)18-9-8-17-13/h1-9H,10H2,(H,19,20). The third-order valence-corrected chi connectivity index (χ3v) is 2.90. The number of fused-ring (bicyclic) bond motifs is 1. The Kier molecular flexibility index (Phi) is 3.33. The van der Waals surface area contributed by atoms with E-state index in [4.69, 9.17) is 0 Å². The van der Waals surface area contributed by atoms with E-state index in [1.165, 1.54) is 0 Å². The maximum atomic E-state index is 12.2. The number of nitrogens with zero attached hydrogens (tertiary/aromatic N) is 3. The molecule has 1 aromatic carbocycles. The maximum absolute atomic E-state index is 12.2.